The second-order valence-corrected chi connectivity index (χ2v) is 6.08. The number of anilines is 1. The first kappa shape index (κ1) is 13.3. The van der Waals surface area contributed by atoms with Gasteiger partial charge in [-0.2, -0.15) is 14.7 Å². The van der Waals surface area contributed by atoms with E-state index in [1.165, 1.54) is 0 Å². The van der Waals surface area contributed by atoms with Gasteiger partial charge in [0.05, 0.1) is 36.2 Å². The summed E-state index contributed by atoms with van der Waals surface area (Å²) in [6.45, 7) is 6.62. The van der Waals surface area contributed by atoms with Gasteiger partial charge in [0.1, 0.15) is 5.82 Å². The van der Waals surface area contributed by atoms with Gasteiger partial charge in [-0.05, 0) is 26.0 Å². The molecule has 0 radical (unpaired) electrons. The van der Waals surface area contributed by atoms with Crippen LogP contribution in [-0.4, -0.2) is 50.1 Å². The SMILES string of the molecule is CC1(C)COCCN1c1ccnc2c(-c3ccn[nH]3)cnn12. The smallest absolute Gasteiger partial charge is 0.166 e. The van der Waals surface area contributed by atoms with Gasteiger partial charge in [-0.3, -0.25) is 5.10 Å². The summed E-state index contributed by atoms with van der Waals surface area (Å²) in [6.07, 6.45) is 5.39. The van der Waals surface area contributed by atoms with E-state index in [1.54, 1.807) is 6.20 Å². The van der Waals surface area contributed by atoms with E-state index in [4.69, 9.17) is 4.74 Å². The van der Waals surface area contributed by atoms with Crippen LogP contribution in [0.4, 0.5) is 5.82 Å². The summed E-state index contributed by atoms with van der Waals surface area (Å²) in [5, 5.41) is 11.5. The van der Waals surface area contributed by atoms with Crippen molar-refractivity contribution in [3.63, 3.8) is 0 Å². The largest absolute Gasteiger partial charge is 0.377 e. The molecule has 0 saturated carbocycles. The molecule has 0 aromatic carbocycles. The van der Waals surface area contributed by atoms with Crippen molar-refractivity contribution < 1.29 is 4.74 Å². The van der Waals surface area contributed by atoms with E-state index in [1.807, 2.05) is 29.0 Å². The number of nitrogens with zero attached hydrogens (tertiary/aromatic N) is 5. The van der Waals surface area contributed by atoms with Gasteiger partial charge in [0.2, 0.25) is 0 Å². The van der Waals surface area contributed by atoms with Gasteiger partial charge < -0.3 is 9.64 Å². The summed E-state index contributed by atoms with van der Waals surface area (Å²) in [5.74, 6) is 1.03. The Morgan fingerprint density at radius 1 is 1.27 bits per heavy atom. The normalized spacial score (nSPS) is 18.0. The van der Waals surface area contributed by atoms with Crippen molar-refractivity contribution in [3.05, 3.63) is 30.7 Å². The van der Waals surface area contributed by atoms with Crippen molar-refractivity contribution in [2.45, 2.75) is 19.4 Å². The Labute approximate surface area is 127 Å². The Hall–Kier alpha value is -2.41. The van der Waals surface area contributed by atoms with Crippen LogP contribution < -0.4 is 4.90 Å². The highest BCUT2D eigenvalue weighted by Crippen LogP contribution is 2.29. The van der Waals surface area contributed by atoms with Crippen molar-refractivity contribution in [3.8, 4) is 11.3 Å². The van der Waals surface area contributed by atoms with E-state index >= 15 is 0 Å². The molecule has 22 heavy (non-hydrogen) atoms. The van der Waals surface area contributed by atoms with E-state index < -0.39 is 0 Å². The maximum Gasteiger partial charge on any atom is 0.166 e. The average molecular weight is 298 g/mol. The Kier molecular flexibility index (Phi) is 2.90. The molecular formula is C15H18N6O. The third-order valence-electron chi connectivity index (χ3n) is 4.09. The highest BCUT2D eigenvalue weighted by Gasteiger charge is 2.32. The number of aromatic nitrogens is 5. The van der Waals surface area contributed by atoms with Crippen molar-refractivity contribution in [1.29, 1.82) is 0 Å². The number of H-pyrrole nitrogens is 1. The Morgan fingerprint density at radius 2 is 2.18 bits per heavy atom. The van der Waals surface area contributed by atoms with Crippen LogP contribution in [0.3, 0.4) is 0 Å². The van der Waals surface area contributed by atoms with Crippen LogP contribution >= 0.6 is 0 Å². The van der Waals surface area contributed by atoms with Gasteiger partial charge in [-0.25, -0.2) is 4.98 Å². The number of hydrogen-bond donors (Lipinski definition) is 1. The minimum atomic E-state index is -0.0768. The molecule has 0 spiro atoms. The second kappa shape index (κ2) is 4.81. The number of morpholine rings is 1. The maximum atomic E-state index is 5.61. The summed E-state index contributed by atoms with van der Waals surface area (Å²) in [4.78, 5) is 6.82. The van der Waals surface area contributed by atoms with Crippen LogP contribution in [0.2, 0.25) is 0 Å². The summed E-state index contributed by atoms with van der Waals surface area (Å²) in [5.41, 5.74) is 2.61. The molecule has 7 nitrogen and oxygen atoms in total. The quantitative estimate of drug-likeness (QED) is 0.780. The van der Waals surface area contributed by atoms with E-state index in [0.717, 1.165) is 35.9 Å². The first-order valence-corrected chi connectivity index (χ1v) is 7.35. The van der Waals surface area contributed by atoms with Crippen LogP contribution in [-0.2, 0) is 4.74 Å². The molecule has 3 aromatic rings. The maximum absolute atomic E-state index is 5.61. The number of rotatable bonds is 2. The molecular weight excluding hydrogens is 280 g/mol. The van der Waals surface area contributed by atoms with Crippen molar-refractivity contribution in [2.24, 2.45) is 0 Å². The third kappa shape index (κ3) is 1.97. The Morgan fingerprint density at radius 3 is 2.95 bits per heavy atom. The summed E-state index contributed by atoms with van der Waals surface area (Å²) >= 11 is 0. The molecule has 0 amide bonds. The van der Waals surface area contributed by atoms with Gasteiger partial charge >= 0.3 is 0 Å². The van der Waals surface area contributed by atoms with Gasteiger partial charge in [-0.15, -0.1) is 0 Å². The van der Waals surface area contributed by atoms with Crippen molar-refractivity contribution >= 4 is 11.5 Å². The topological polar surface area (TPSA) is 71.3 Å². The molecule has 0 aliphatic carbocycles. The van der Waals surface area contributed by atoms with E-state index in [2.05, 4.69) is 39.0 Å². The zero-order chi connectivity index (χ0) is 15.2. The van der Waals surface area contributed by atoms with Gasteiger partial charge in [0, 0.05) is 18.9 Å². The lowest BCUT2D eigenvalue weighted by atomic mass is 10.0. The van der Waals surface area contributed by atoms with Gasteiger partial charge in [0.25, 0.3) is 0 Å². The van der Waals surface area contributed by atoms with Crippen molar-refractivity contribution in [2.75, 3.05) is 24.7 Å². The monoisotopic (exact) mass is 298 g/mol. The fourth-order valence-electron chi connectivity index (χ4n) is 2.96. The predicted octanol–water partition coefficient (Wildman–Crippen LogP) is 1.73. The van der Waals surface area contributed by atoms with Gasteiger partial charge in [-0.1, -0.05) is 0 Å². The average Bonchev–Trinajstić information content (AvgIpc) is 3.15. The highest BCUT2D eigenvalue weighted by molar-refractivity contribution is 5.75. The Bertz CT molecular complexity index is 792. The molecule has 1 aliphatic rings. The standard InChI is InChI=1S/C15H18N6O/c1-15(2)10-22-8-7-20(15)13-4-5-16-14-11(9-18-21(13)14)12-3-6-17-19-12/h3-6,9H,7-8,10H2,1-2H3,(H,17,19). The first-order valence-electron chi connectivity index (χ1n) is 7.35. The molecule has 4 rings (SSSR count). The molecule has 1 saturated heterocycles. The fourth-order valence-corrected chi connectivity index (χ4v) is 2.96. The summed E-state index contributed by atoms with van der Waals surface area (Å²) in [6, 6.07) is 3.92. The summed E-state index contributed by atoms with van der Waals surface area (Å²) in [7, 11) is 0. The molecule has 0 atom stereocenters. The van der Waals surface area contributed by atoms with Crippen LogP contribution in [0.25, 0.3) is 16.9 Å². The lowest BCUT2D eigenvalue weighted by molar-refractivity contribution is 0.0636. The van der Waals surface area contributed by atoms with E-state index in [0.29, 0.717) is 6.61 Å². The number of aromatic amines is 1. The molecule has 0 bridgehead atoms. The lowest BCUT2D eigenvalue weighted by Crippen LogP contribution is -2.53. The van der Waals surface area contributed by atoms with Crippen LogP contribution in [0.15, 0.2) is 30.7 Å². The Balaban J connectivity index is 1.86. The van der Waals surface area contributed by atoms with Crippen LogP contribution in [0.5, 0.6) is 0 Å². The fraction of sp³-hybridized carbons (Fsp3) is 0.400. The van der Waals surface area contributed by atoms with Gasteiger partial charge in [0.15, 0.2) is 5.65 Å². The number of ether oxygens (including phenoxy) is 1. The molecule has 7 heteroatoms. The predicted molar refractivity (Wildman–Crippen MR) is 82.8 cm³/mol. The number of nitrogens with one attached hydrogen (secondary N) is 1. The number of fused-ring (bicyclic) bond motifs is 1. The molecule has 0 unspecified atom stereocenters. The molecule has 114 valence electrons. The first-order chi connectivity index (χ1) is 10.7. The number of hydrogen-bond acceptors (Lipinski definition) is 5. The van der Waals surface area contributed by atoms with E-state index in [9.17, 15) is 0 Å². The van der Waals surface area contributed by atoms with Crippen molar-refractivity contribution in [1.82, 2.24) is 24.8 Å². The zero-order valence-corrected chi connectivity index (χ0v) is 12.7. The molecule has 4 heterocycles. The van der Waals surface area contributed by atoms with Crippen LogP contribution in [0.1, 0.15) is 13.8 Å². The lowest BCUT2D eigenvalue weighted by Gasteiger charge is -2.43. The molecule has 3 aromatic heterocycles. The third-order valence-corrected chi connectivity index (χ3v) is 4.09. The summed E-state index contributed by atoms with van der Waals surface area (Å²) < 4.78 is 7.50. The zero-order valence-electron chi connectivity index (χ0n) is 12.7. The van der Waals surface area contributed by atoms with E-state index in [-0.39, 0.29) is 5.54 Å². The van der Waals surface area contributed by atoms with Crippen LogP contribution in [0, 0.1) is 0 Å². The minimum absolute atomic E-state index is 0.0768. The second-order valence-electron chi connectivity index (χ2n) is 6.08. The molecule has 1 aliphatic heterocycles. The molecule has 1 N–H and O–H groups in total. The highest BCUT2D eigenvalue weighted by atomic mass is 16.5. The minimum Gasteiger partial charge on any atom is -0.377 e. The molecule has 1 fully saturated rings.